The molecular weight excluding hydrogens is 240 g/mol. The molecule has 2 unspecified atom stereocenters. The van der Waals surface area contributed by atoms with Crippen LogP contribution in [-0.2, 0) is 0 Å². The highest BCUT2D eigenvalue weighted by Gasteiger charge is 2.23. The lowest BCUT2D eigenvalue weighted by molar-refractivity contribution is 0.152. The van der Waals surface area contributed by atoms with Crippen molar-refractivity contribution in [2.24, 2.45) is 17.6 Å². The molecule has 2 nitrogen and oxygen atoms in total. The van der Waals surface area contributed by atoms with E-state index in [4.69, 9.17) is 5.73 Å². The van der Waals surface area contributed by atoms with E-state index in [9.17, 15) is 0 Å². The first kappa shape index (κ1) is 14.6. The molecule has 16 heavy (non-hydrogen) atoms. The van der Waals surface area contributed by atoms with Crippen LogP contribution in [0.1, 0.15) is 25.7 Å². The lowest BCUT2D eigenvalue weighted by Gasteiger charge is -2.34. The maximum absolute atomic E-state index is 5.65. The maximum Gasteiger partial charge on any atom is 0.00180 e. The molecule has 2 N–H and O–H groups in total. The van der Waals surface area contributed by atoms with Gasteiger partial charge in [0.25, 0.3) is 0 Å². The lowest BCUT2D eigenvalue weighted by Crippen LogP contribution is -2.39. The third-order valence-corrected chi connectivity index (χ3v) is 4.95. The Morgan fingerprint density at radius 2 is 2.12 bits per heavy atom. The predicted molar refractivity (Wildman–Crippen MR) is 75.5 cm³/mol. The fourth-order valence-corrected chi connectivity index (χ4v) is 4.15. The monoisotopic (exact) mass is 264 g/mol. The van der Waals surface area contributed by atoms with E-state index in [1.165, 1.54) is 56.8 Å². The SMILES string of the molecule is Cl.NCCC1CCCN(CC2CCSC2)C1. The third-order valence-electron chi connectivity index (χ3n) is 3.72. The number of hydrogen-bond donors (Lipinski definition) is 1. The van der Waals surface area contributed by atoms with Crippen molar-refractivity contribution >= 4 is 24.2 Å². The zero-order valence-electron chi connectivity index (χ0n) is 10.1. The summed E-state index contributed by atoms with van der Waals surface area (Å²) in [5.74, 6) is 4.66. The average molecular weight is 265 g/mol. The highest BCUT2D eigenvalue weighted by atomic mass is 35.5. The second kappa shape index (κ2) is 7.80. The van der Waals surface area contributed by atoms with Gasteiger partial charge in [0.15, 0.2) is 0 Å². The molecule has 2 aliphatic rings. The number of hydrogen-bond acceptors (Lipinski definition) is 3. The number of piperidine rings is 1. The number of nitrogens with two attached hydrogens (primary N) is 1. The van der Waals surface area contributed by atoms with E-state index in [0.29, 0.717) is 0 Å². The molecule has 0 aromatic heterocycles. The van der Waals surface area contributed by atoms with E-state index >= 15 is 0 Å². The second-order valence-electron chi connectivity index (χ2n) is 5.07. The standard InChI is InChI=1S/C12H24N2S.ClH/c13-5-3-11-2-1-6-14(8-11)9-12-4-7-15-10-12;/h11-12H,1-10,13H2;1H. The number of halogens is 1. The van der Waals surface area contributed by atoms with Crippen LogP contribution in [0.25, 0.3) is 0 Å². The number of thioether (sulfide) groups is 1. The predicted octanol–water partition coefficient (Wildman–Crippen LogP) is 2.22. The molecule has 0 bridgehead atoms. The van der Waals surface area contributed by atoms with Gasteiger partial charge in [0.1, 0.15) is 0 Å². The van der Waals surface area contributed by atoms with Crippen molar-refractivity contribution in [3.63, 3.8) is 0 Å². The minimum absolute atomic E-state index is 0. The molecule has 2 fully saturated rings. The molecule has 0 spiro atoms. The number of likely N-dealkylation sites (tertiary alicyclic amines) is 1. The summed E-state index contributed by atoms with van der Waals surface area (Å²) in [6.07, 6.45) is 5.48. The molecule has 0 amide bonds. The summed E-state index contributed by atoms with van der Waals surface area (Å²) in [4.78, 5) is 2.69. The first-order valence-electron chi connectivity index (χ1n) is 6.38. The van der Waals surface area contributed by atoms with Crippen LogP contribution >= 0.6 is 24.2 Å². The Kier molecular flexibility index (Phi) is 7.13. The van der Waals surface area contributed by atoms with Crippen LogP contribution in [0.5, 0.6) is 0 Å². The van der Waals surface area contributed by atoms with E-state index in [1.54, 1.807) is 0 Å². The highest BCUT2D eigenvalue weighted by molar-refractivity contribution is 7.99. The summed E-state index contributed by atoms with van der Waals surface area (Å²) >= 11 is 2.14. The molecule has 0 aromatic rings. The molecule has 2 heterocycles. The summed E-state index contributed by atoms with van der Waals surface area (Å²) in [6, 6.07) is 0. The Balaban J connectivity index is 0.00000128. The summed E-state index contributed by atoms with van der Waals surface area (Å²) in [5, 5.41) is 0. The van der Waals surface area contributed by atoms with Crippen LogP contribution in [-0.4, -0.2) is 42.6 Å². The maximum atomic E-state index is 5.65. The number of nitrogens with zero attached hydrogens (tertiary/aromatic N) is 1. The van der Waals surface area contributed by atoms with E-state index in [1.807, 2.05) is 0 Å². The average Bonchev–Trinajstić information content (AvgIpc) is 2.71. The third kappa shape index (κ3) is 4.44. The largest absolute Gasteiger partial charge is 0.330 e. The fraction of sp³-hybridized carbons (Fsp3) is 1.00. The molecule has 0 radical (unpaired) electrons. The van der Waals surface area contributed by atoms with Gasteiger partial charge in [-0.25, -0.2) is 0 Å². The fourth-order valence-electron chi connectivity index (χ4n) is 2.88. The van der Waals surface area contributed by atoms with Crippen molar-refractivity contribution in [1.82, 2.24) is 4.90 Å². The summed E-state index contributed by atoms with van der Waals surface area (Å²) in [5.41, 5.74) is 5.65. The van der Waals surface area contributed by atoms with Gasteiger partial charge in [-0.15, -0.1) is 12.4 Å². The Labute approximate surface area is 110 Å². The van der Waals surface area contributed by atoms with Crippen LogP contribution in [0.3, 0.4) is 0 Å². The molecule has 2 saturated heterocycles. The van der Waals surface area contributed by atoms with Gasteiger partial charge in [-0.2, -0.15) is 11.8 Å². The number of rotatable bonds is 4. The van der Waals surface area contributed by atoms with Gasteiger partial charge < -0.3 is 10.6 Å². The van der Waals surface area contributed by atoms with Crippen LogP contribution in [0.15, 0.2) is 0 Å². The Hall–Kier alpha value is 0.560. The van der Waals surface area contributed by atoms with Crippen molar-refractivity contribution in [1.29, 1.82) is 0 Å². The van der Waals surface area contributed by atoms with E-state index in [-0.39, 0.29) is 12.4 Å². The van der Waals surface area contributed by atoms with E-state index in [2.05, 4.69) is 16.7 Å². The molecule has 4 heteroatoms. The van der Waals surface area contributed by atoms with Gasteiger partial charge in [0.05, 0.1) is 0 Å². The molecule has 0 aliphatic carbocycles. The minimum atomic E-state index is 0. The first-order chi connectivity index (χ1) is 7.38. The van der Waals surface area contributed by atoms with Crippen LogP contribution in [0.4, 0.5) is 0 Å². The smallest absolute Gasteiger partial charge is 0.00180 e. The molecular formula is C12H25ClN2S. The topological polar surface area (TPSA) is 29.3 Å². The zero-order chi connectivity index (χ0) is 10.5. The van der Waals surface area contributed by atoms with Crippen molar-refractivity contribution in [3.8, 4) is 0 Å². The van der Waals surface area contributed by atoms with Gasteiger partial charge in [0, 0.05) is 13.1 Å². The van der Waals surface area contributed by atoms with Gasteiger partial charge in [0.2, 0.25) is 0 Å². The van der Waals surface area contributed by atoms with Gasteiger partial charge in [-0.1, -0.05) is 0 Å². The van der Waals surface area contributed by atoms with Gasteiger partial charge in [-0.05, 0) is 62.1 Å². The van der Waals surface area contributed by atoms with Crippen LogP contribution in [0, 0.1) is 11.8 Å². The molecule has 2 atom stereocenters. The quantitative estimate of drug-likeness (QED) is 0.844. The first-order valence-corrected chi connectivity index (χ1v) is 7.54. The van der Waals surface area contributed by atoms with E-state index in [0.717, 1.165) is 18.4 Å². The molecule has 0 aromatic carbocycles. The summed E-state index contributed by atoms with van der Waals surface area (Å²) < 4.78 is 0. The van der Waals surface area contributed by atoms with Crippen molar-refractivity contribution < 1.29 is 0 Å². The van der Waals surface area contributed by atoms with E-state index < -0.39 is 0 Å². The molecule has 96 valence electrons. The van der Waals surface area contributed by atoms with Gasteiger partial charge >= 0.3 is 0 Å². The normalized spacial score (nSPS) is 31.3. The Morgan fingerprint density at radius 3 is 2.81 bits per heavy atom. The molecule has 2 aliphatic heterocycles. The highest BCUT2D eigenvalue weighted by Crippen LogP contribution is 2.26. The Morgan fingerprint density at radius 1 is 1.25 bits per heavy atom. The Bertz CT molecular complexity index is 184. The van der Waals surface area contributed by atoms with Crippen molar-refractivity contribution in [2.45, 2.75) is 25.7 Å². The van der Waals surface area contributed by atoms with Crippen LogP contribution < -0.4 is 5.73 Å². The zero-order valence-corrected chi connectivity index (χ0v) is 11.7. The van der Waals surface area contributed by atoms with Crippen molar-refractivity contribution in [3.05, 3.63) is 0 Å². The molecule has 2 rings (SSSR count). The van der Waals surface area contributed by atoms with Gasteiger partial charge in [-0.3, -0.25) is 0 Å². The summed E-state index contributed by atoms with van der Waals surface area (Å²) in [6.45, 7) is 4.88. The summed E-state index contributed by atoms with van der Waals surface area (Å²) in [7, 11) is 0. The second-order valence-corrected chi connectivity index (χ2v) is 6.22. The minimum Gasteiger partial charge on any atom is -0.330 e. The van der Waals surface area contributed by atoms with Crippen molar-refractivity contribution in [2.75, 3.05) is 37.7 Å². The molecule has 0 saturated carbocycles. The van der Waals surface area contributed by atoms with Crippen LogP contribution in [0.2, 0.25) is 0 Å². The lowest BCUT2D eigenvalue weighted by atomic mass is 9.94.